The Bertz CT molecular complexity index is 611. The van der Waals surface area contributed by atoms with Crippen LogP contribution in [-0.4, -0.2) is 34.7 Å². The number of rotatable bonds is 4. The number of ketones is 1. The van der Waals surface area contributed by atoms with E-state index in [2.05, 4.69) is 9.27 Å². The number of Topliss-reactive ketones (excluding diaryl/α,β-unsaturated/α-hetero) is 1. The molecule has 1 aromatic carbocycles. The lowest BCUT2D eigenvalue weighted by Crippen LogP contribution is -2.38. The SMILES string of the molecule is Nc1cc(C2CCCN(CC(=O)c3ccccc3)C2)ns1. The molecule has 21 heavy (non-hydrogen) atoms. The molecule has 1 aliphatic rings. The van der Waals surface area contributed by atoms with E-state index in [1.165, 1.54) is 11.5 Å². The molecule has 4 nitrogen and oxygen atoms in total. The van der Waals surface area contributed by atoms with Crippen LogP contribution in [0.2, 0.25) is 0 Å². The van der Waals surface area contributed by atoms with Crippen LogP contribution in [0.25, 0.3) is 0 Å². The van der Waals surface area contributed by atoms with E-state index in [1.807, 2.05) is 36.4 Å². The van der Waals surface area contributed by atoms with Crippen LogP contribution in [0.3, 0.4) is 0 Å². The van der Waals surface area contributed by atoms with Gasteiger partial charge in [0, 0.05) is 18.0 Å². The Hall–Kier alpha value is -1.72. The molecule has 1 fully saturated rings. The predicted molar refractivity (Wildman–Crippen MR) is 85.7 cm³/mol. The second-order valence-corrected chi connectivity index (χ2v) is 6.35. The van der Waals surface area contributed by atoms with Gasteiger partial charge in [0.25, 0.3) is 0 Å². The molecule has 110 valence electrons. The van der Waals surface area contributed by atoms with E-state index in [9.17, 15) is 4.79 Å². The Kier molecular flexibility index (Phi) is 4.31. The van der Waals surface area contributed by atoms with Gasteiger partial charge in [-0.1, -0.05) is 30.3 Å². The molecule has 2 heterocycles. The number of piperidine rings is 1. The first-order valence-electron chi connectivity index (χ1n) is 7.25. The van der Waals surface area contributed by atoms with Crippen molar-refractivity contribution in [2.45, 2.75) is 18.8 Å². The molecule has 0 bridgehead atoms. The van der Waals surface area contributed by atoms with E-state index in [1.54, 1.807) is 0 Å². The zero-order valence-electron chi connectivity index (χ0n) is 11.9. The molecule has 1 saturated heterocycles. The molecule has 0 saturated carbocycles. The van der Waals surface area contributed by atoms with E-state index in [0.717, 1.165) is 42.2 Å². The fraction of sp³-hybridized carbons (Fsp3) is 0.375. The first-order chi connectivity index (χ1) is 10.2. The molecular weight excluding hydrogens is 282 g/mol. The first-order valence-corrected chi connectivity index (χ1v) is 8.02. The third-order valence-corrected chi connectivity index (χ3v) is 4.56. The molecule has 1 aromatic heterocycles. The van der Waals surface area contributed by atoms with Crippen molar-refractivity contribution < 1.29 is 4.79 Å². The summed E-state index contributed by atoms with van der Waals surface area (Å²) in [5.41, 5.74) is 7.63. The monoisotopic (exact) mass is 301 g/mol. The second-order valence-electron chi connectivity index (χ2n) is 5.52. The van der Waals surface area contributed by atoms with Crippen molar-refractivity contribution in [3.8, 4) is 0 Å². The highest BCUT2D eigenvalue weighted by atomic mass is 32.1. The van der Waals surface area contributed by atoms with Crippen LogP contribution in [0, 0.1) is 0 Å². The number of hydrogen-bond acceptors (Lipinski definition) is 5. The van der Waals surface area contributed by atoms with Crippen LogP contribution in [0.4, 0.5) is 5.00 Å². The molecule has 1 unspecified atom stereocenters. The van der Waals surface area contributed by atoms with Crippen molar-refractivity contribution >= 4 is 22.3 Å². The molecule has 0 aliphatic carbocycles. The standard InChI is InChI=1S/C16H19N3OS/c17-16-9-14(18-21-16)13-7-4-8-19(10-13)11-15(20)12-5-2-1-3-6-12/h1-3,5-6,9,13H,4,7-8,10-11,17H2. The minimum atomic E-state index is 0.189. The molecule has 0 spiro atoms. The topological polar surface area (TPSA) is 59.2 Å². The molecule has 1 atom stereocenters. The fourth-order valence-electron chi connectivity index (χ4n) is 2.86. The Labute approximate surface area is 128 Å². The summed E-state index contributed by atoms with van der Waals surface area (Å²) in [6.45, 7) is 2.36. The van der Waals surface area contributed by atoms with Crippen LogP contribution < -0.4 is 5.73 Å². The van der Waals surface area contributed by atoms with E-state index < -0.39 is 0 Å². The van der Waals surface area contributed by atoms with Gasteiger partial charge >= 0.3 is 0 Å². The highest BCUT2D eigenvalue weighted by Crippen LogP contribution is 2.28. The van der Waals surface area contributed by atoms with E-state index in [-0.39, 0.29) is 5.78 Å². The Morgan fingerprint density at radius 2 is 2.19 bits per heavy atom. The minimum Gasteiger partial charge on any atom is -0.389 e. The molecule has 3 rings (SSSR count). The number of carbonyl (C=O) groups excluding carboxylic acids is 1. The normalized spacial score (nSPS) is 19.5. The summed E-state index contributed by atoms with van der Waals surface area (Å²) in [5, 5.41) is 0.766. The Balaban J connectivity index is 1.63. The maximum absolute atomic E-state index is 12.3. The van der Waals surface area contributed by atoms with Crippen molar-refractivity contribution in [1.29, 1.82) is 0 Å². The van der Waals surface area contributed by atoms with Gasteiger partial charge in [-0.05, 0) is 37.0 Å². The average Bonchev–Trinajstić information content (AvgIpc) is 2.95. The van der Waals surface area contributed by atoms with Gasteiger partial charge in [-0.3, -0.25) is 9.69 Å². The maximum atomic E-state index is 12.3. The minimum absolute atomic E-state index is 0.189. The van der Waals surface area contributed by atoms with Crippen LogP contribution in [0.15, 0.2) is 36.4 Å². The fourth-order valence-corrected chi connectivity index (χ4v) is 3.44. The van der Waals surface area contributed by atoms with E-state index in [4.69, 9.17) is 5.73 Å². The van der Waals surface area contributed by atoms with Crippen LogP contribution >= 0.6 is 11.5 Å². The van der Waals surface area contributed by atoms with Crippen LogP contribution in [0.5, 0.6) is 0 Å². The number of nitrogen functional groups attached to an aromatic ring is 1. The van der Waals surface area contributed by atoms with Gasteiger partial charge in [-0.15, -0.1) is 0 Å². The molecule has 2 N–H and O–H groups in total. The van der Waals surface area contributed by atoms with E-state index >= 15 is 0 Å². The summed E-state index contributed by atoms with van der Waals surface area (Å²) in [4.78, 5) is 14.5. The summed E-state index contributed by atoms with van der Waals surface area (Å²) in [6.07, 6.45) is 2.23. The lowest BCUT2D eigenvalue weighted by molar-refractivity contribution is 0.0906. The zero-order valence-corrected chi connectivity index (χ0v) is 12.7. The van der Waals surface area contributed by atoms with Crippen molar-refractivity contribution in [2.24, 2.45) is 0 Å². The largest absolute Gasteiger partial charge is 0.389 e. The molecule has 1 aliphatic heterocycles. The van der Waals surface area contributed by atoms with Crippen LogP contribution in [-0.2, 0) is 0 Å². The third kappa shape index (κ3) is 3.49. The quantitative estimate of drug-likeness (QED) is 0.882. The summed E-state index contributed by atoms with van der Waals surface area (Å²) in [5.74, 6) is 0.588. The Morgan fingerprint density at radius 1 is 1.38 bits per heavy atom. The number of anilines is 1. The number of aromatic nitrogens is 1. The molecule has 0 radical (unpaired) electrons. The maximum Gasteiger partial charge on any atom is 0.176 e. The van der Waals surface area contributed by atoms with Gasteiger partial charge in [0.15, 0.2) is 5.78 Å². The highest BCUT2D eigenvalue weighted by molar-refractivity contribution is 7.10. The van der Waals surface area contributed by atoms with Gasteiger partial charge < -0.3 is 5.73 Å². The van der Waals surface area contributed by atoms with Crippen molar-refractivity contribution in [3.63, 3.8) is 0 Å². The van der Waals surface area contributed by atoms with Crippen molar-refractivity contribution in [1.82, 2.24) is 9.27 Å². The molecule has 2 aromatic rings. The van der Waals surface area contributed by atoms with E-state index in [0.29, 0.717) is 12.5 Å². The number of likely N-dealkylation sites (tertiary alicyclic amines) is 1. The molecule has 0 amide bonds. The summed E-state index contributed by atoms with van der Waals surface area (Å²) >= 11 is 1.35. The average molecular weight is 301 g/mol. The van der Waals surface area contributed by atoms with Gasteiger partial charge in [0.1, 0.15) is 5.00 Å². The number of nitrogens with zero attached hydrogens (tertiary/aromatic N) is 2. The molecule has 5 heteroatoms. The number of hydrogen-bond donors (Lipinski definition) is 1. The Morgan fingerprint density at radius 3 is 2.90 bits per heavy atom. The number of benzene rings is 1. The second kappa shape index (κ2) is 6.37. The van der Waals surface area contributed by atoms with Crippen molar-refractivity contribution in [2.75, 3.05) is 25.4 Å². The third-order valence-electron chi connectivity index (χ3n) is 3.93. The summed E-state index contributed by atoms with van der Waals surface area (Å²) in [6, 6.07) is 11.5. The van der Waals surface area contributed by atoms with Gasteiger partial charge in [0.2, 0.25) is 0 Å². The number of nitrogens with two attached hydrogens (primary N) is 1. The first kappa shape index (κ1) is 14.2. The highest BCUT2D eigenvalue weighted by Gasteiger charge is 2.24. The van der Waals surface area contributed by atoms with Crippen molar-refractivity contribution in [3.05, 3.63) is 47.7 Å². The summed E-state index contributed by atoms with van der Waals surface area (Å²) < 4.78 is 4.42. The summed E-state index contributed by atoms with van der Waals surface area (Å²) in [7, 11) is 0. The lowest BCUT2D eigenvalue weighted by Gasteiger charge is -2.31. The van der Waals surface area contributed by atoms with Crippen LogP contribution in [0.1, 0.15) is 34.8 Å². The smallest absolute Gasteiger partial charge is 0.176 e. The zero-order chi connectivity index (χ0) is 14.7. The van der Waals surface area contributed by atoms with Gasteiger partial charge in [-0.2, -0.15) is 4.37 Å². The predicted octanol–water partition coefficient (Wildman–Crippen LogP) is 2.79. The van der Waals surface area contributed by atoms with Gasteiger partial charge in [0.05, 0.1) is 12.2 Å². The molecular formula is C16H19N3OS. The number of carbonyl (C=O) groups is 1. The lowest BCUT2D eigenvalue weighted by atomic mass is 9.94. The van der Waals surface area contributed by atoms with Gasteiger partial charge in [-0.25, -0.2) is 0 Å².